The summed E-state index contributed by atoms with van der Waals surface area (Å²) < 4.78 is 0. The van der Waals surface area contributed by atoms with E-state index in [2.05, 4.69) is 15.1 Å². The molecule has 0 aliphatic heterocycles. The Morgan fingerprint density at radius 2 is 2.17 bits per heavy atom. The number of nitrogens with zero attached hydrogens (tertiary/aromatic N) is 3. The minimum absolute atomic E-state index is 0.308. The molecule has 0 amide bonds. The van der Waals surface area contributed by atoms with Crippen LogP contribution in [-0.4, -0.2) is 28.3 Å². The third-order valence-electron chi connectivity index (χ3n) is 1.23. The average molecular weight is 183 g/mol. The van der Waals surface area contributed by atoms with Gasteiger partial charge in [0.05, 0.1) is 0 Å². The molecule has 5 nitrogen and oxygen atoms in total. The maximum atomic E-state index is 9.90. The molecule has 0 unspecified atom stereocenters. The Morgan fingerprint density at radius 1 is 1.58 bits per heavy atom. The van der Waals surface area contributed by atoms with Gasteiger partial charge < -0.3 is 5.02 Å². The molecule has 7 heteroatoms. The van der Waals surface area contributed by atoms with Gasteiger partial charge >= 0.3 is 7.05 Å². The molecule has 1 rings (SSSR count). The molecule has 0 atom stereocenters. The molecule has 0 aromatic carbocycles. The Bertz CT molecular complexity index is 268. The van der Waals surface area contributed by atoms with Crippen molar-refractivity contribution >= 4 is 24.3 Å². The lowest BCUT2D eigenvalue weighted by Crippen LogP contribution is -2.28. The van der Waals surface area contributed by atoms with Crippen molar-refractivity contribution in [3.8, 4) is 0 Å². The third-order valence-corrected chi connectivity index (χ3v) is 1.80. The molecule has 1 aromatic heterocycles. The molecule has 0 saturated carbocycles. The highest BCUT2D eigenvalue weighted by molar-refractivity contribution is 7.98. The standard InChI is InChI=1S/C5H6BN3O2S/c1-12-5-7-2-4(3-8-5)6(10)9-11/h2-3,10H,1H3. The van der Waals surface area contributed by atoms with Crippen molar-refractivity contribution < 1.29 is 5.02 Å². The summed E-state index contributed by atoms with van der Waals surface area (Å²) in [6, 6.07) is 0. The Kier molecular flexibility index (Phi) is 3.18. The van der Waals surface area contributed by atoms with Crippen LogP contribution in [0.5, 0.6) is 0 Å². The Morgan fingerprint density at radius 3 is 2.58 bits per heavy atom. The molecule has 12 heavy (non-hydrogen) atoms. The lowest BCUT2D eigenvalue weighted by molar-refractivity contribution is 0.587. The highest BCUT2D eigenvalue weighted by Crippen LogP contribution is 2.03. The van der Waals surface area contributed by atoms with E-state index in [4.69, 9.17) is 5.02 Å². The van der Waals surface area contributed by atoms with Crippen molar-refractivity contribution in [3.05, 3.63) is 17.3 Å². The fraction of sp³-hybridized carbons (Fsp3) is 0.200. The summed E-state index contributed by atoms with van der Waals surface area (Å²) >= 11 is 1.38. The van der Waals surface area contributed by atoms with Crippen LogP contribution in [0, 0.1) is 4.91 Å². The summed E-state index contributed by atoms with van der Waals surface area (Å²) in [6.45, 7) is 0. The monoisotopic (exact) mass is 183 g/mol. The molecule has 0 saturated heterocycles. The van der Waals surface area contributed by atoms with Gasteiger partial charge in [0.2, 0.25) is 0 Å². The molecule has 0 aliphatic carbocycles. The van der Waals surface area contributed by atoms with Crippen molar-refractivity contribution in [2.24, 2.45) is 5.09 Å². The summed E-state index contributed by atoms with van der Waals surface area (Å²) in [5.41, 5.74) is 0.308. The van der Waals surface area contributed by atoms with E-state index < -0.39 is 7.05 Å². The summed E-state index contributed by atoms with van der Waals surface area (Å²) in [4.78, 5) is 17.6. The van der Waals surface area contributed by atoms with E-state index in [1.807, 2.05) is 6.26 Å². The van der Waals surface area contributed by atoms with Gasteiger partial charge in [0, 0.05) is 17.9 Å². The van der Waals surface area contributed by atoms with Crippen LogP contribution >= 0.6 is 11.8 Å². The minimum Gasteiger partial charge on any atom is -0.425 e. The second kappa shape index (κ2) is 4.17. The van der Waals surface area contributed by atoms with Gasteiger partial charge in [0.15, 0.2) is 5.16 Å². The summed E-state index contributed by atoms with van der Waals surface area (Å²) in [5, 5.41) is 12.0. The first kappa shape index (κ1) is 9.15. The molecule has 62 valence electrons. The van der Waals surface area contributed by atoms with E-state index in [9.17, 15) is 4.91 Å². The molecule has 0 aliphatic rings. The largest absolute Gasteiger partial charge is 0.520 e. The first-order chi connectivity index (χ1) is 5.77. The average Bonchev–Trinajstić information content (AvgIpc) is 2.17. The first-order valence-corrected chi connectivity index (χ1v) is 4.37. The predicted molar refractivity (Wildman–Crippen MR) is 47.2 cm³/mol. The number of aromatic nitrogens is 2. The van der Waals surface area contributed by atoms with Crippen molar-refractivity contribution in [1.29, 1.82) is 0 Å². The fourth-order valence-electron chi connectivity index (χ4n) is 0.626. The van der Waals surface area contributed by atoms with Gasteiger partial charge in [0.25, 0.3) is 0 Å². The van der Waals surface area contributed by atoms with Gasteiger partial charge in [-0.25, -0.2) is 9.97 Å². The molecule has 1 N–H and O–H groups in total. The van der Waals surface area contributed by atoms with Crippen LogP contribution in [0.25, 0.3) is 0 Å². The van der Waals surface area contributed by atoms with Crippen LogP contribution in [0.2, 0.25) is 0 Å². The van der Waals surface area contributed by atoms with Crippen molar-refractivity contribution in [2.75, 3.05) is 6.26 Å². The maximum Gasteiger partial charge on any atom is 0.520 e. The molecule has 0 fully saturated rings. The molecule has 1 aromatic rings. The lowest BCUT2D eigenvalue weighted by atomic mass is 9.78. The van der Waals surface area contributed by atoms with E-state index in [0.29, 0.717) is 10.6 Å². The van der Waals surface area contributed by atoms with Crippen LogP contribution in [-0.2, 0) is 0 Å². The van der Waals surface area contributed by atoms with Crippen molar-refractivity contribution in [3.63, 3.8) is 0 Å². The van der Waals surface area contributed by atoms with Crippen molar-refractivity contribution in [1.82, 2.24) is 9.97 Å². The van der Waals surface area contributed by atoms with Crippen LogP contribution in [0.3, 0.4) is 0 Å². The van der Waals surface area contributed by atoms with Crippen LogP contribution in [0.15, 0.2) is 22.6 Å². The van der Waals surface area contributed by atoms with Gasteiger partial charge in [0.1, 0.15) is 0 Å². The van der Waals surface area contributed by atoms with Crippen molar-refractivity contribution in [2.45, 2.75) is 5.16 Å². The number of thioether (sulfide) groups is 1. The van der Waals surface area contributed by atoms with Crippen LogP contribution in [0.1, 0.15) is 0 Å². The van der Waals surface area contributed by atoms with E-state index in [1.165, 1.54) is 24.2 Å². The van der Waals surface area contributed by atoms with Gasteiger partial charge in [-0.15, -0.1) is 0 Å². The maximum absolute atomic E-state index is 9.90. The fourth-order valence-corrected chi connectivity index (χ4v) is 0.942. The first-order valence-electron chi connectivity index (χ1n) is 3.14. The van der Waals surface area contributed by atoms with Gasteiger partial charge in [-0.2, -0.15) is 4.91 Å². The lowest BCUT2D eigenvalue weighted by Gasteiger charge is -1.96. The topological polar surface area (TPSA) is 75.4 Å². The number of hydrogen-bond acceptors (Lipinski definition) is 6. The highest BCUT2D eigenvalue weighted by Gasteiger charge is 2.16. The molecule has 0 radical (unpaired) electrons. The van der Waals surface area contributed by atoms with Gasteiger partial charge in [-0.1, -0.05) is 16.8 Å². The van der Waals surface area contributed by atoms with E-state index in [-0.39, 0.29) is 0 Å². The zero-order valence-electron chi connectivity index (χ0n) is 6.34. The van der Waals surface area contributed by atoms with E-state index >= 15 is 0 Å². The quantitative estimate of drug-likeness (QED) is 0.300. The van der Waals surface area contributed by atoms with Gasteiger partial charge in [-0.3, -0.25) is 0 Å². The molecule has 0 spiro atoms. The number of nitroso groups, excluding NO2 is 1. The zero-order chi connectivity index (χ0) is 8.97. The summed E-state index contributed by atoms with van der Waals surface area (Å²) in [7, 11) is -1.36. The molecule has 0 bridgehead atoms. The van der Waals surface area contributed by atoms with Crippen LogP contribution in [0.4, 0.5) is 0 Å². The zero-order valence-corrected chi connectivity index (χ0v) is 7.15. The second-order valence-electron chi connectivity index (χ2n) is 1.98. The number of hydrogen-bond donors (Lipinski definition) is 1. The SMILES string of the molecule is CSc1ncc(B(O)N=O)cn1. The Labute approximate surface area is 73.7 Å². The molecular weight excluding hydrogens is 177 g/mol. The Hall–Kier alpha value is -0.945. The third kappa shape index (κ3) is 2.02. The Balaban J connectivity index is 2.84. The van der Waals surface area contributed by atoms with Crippen LogP contribution < -0.4 is 5.46 Å². The minimum atomic E-state index is -1.36. The predicted octanol–water partition coefficient (Wildman–Crippen LogP) is -0.348. The van der Waals surface area contributed by atoms with Gasteiger partial charge in [-0.05, 0) is 6.26 Å². The van der Waals surface area contributed by atoms with E-state index in [0.717, 1.165) is 0 Å². The highest BCUT2D eigenvalue weighted by atomic mass is 32.2. The molecular formula is C5H6BN3O2S. The summed E-state index contributed by atoms with van der Waals surface area (Å²) in [5.74, 6) is 0. The van der Waals surface area contributed by atoms with E-state index in [1.54, 1.807) is 0 Å². The normalized spacial score (nSPS) is 9.50. The molecule has 1 heterocycles. The number of rotatable bonds is 3. The summed E-state index contributed by atoms with van der Waals surface area (Å²) in [6.07, 6.45) is 4.60. The second-order valence-corrected chi connectivity index (χ2v) is 2.76. The smallest absolute Gasteiger partial charge is 0.425 e.